The Morgan fingerprint density at radius 2 is 2.00 bits per heavy atom. The van der Waals surface area contributed by atoms with E-state index < -0.39 is 0 Å². The number of rotatable bonds is 5. The van der Waals surface area contributed by atoms with Crippen molar-refractivity contribution in [3.8, 4) is 17.0 Å². The van der Waals surface area contributed by atoms with E-state index in [1.807, 2.05) is 54.6 Å². The number of aromatic nitrogens is 3. The van der Waals surface area contributed by atoms with Crippen molar-refractivity contribution >= 4 is 22.6 Å². The Balaban J connectivity index is 1.26. The Kier molecular flexibility index (Phi) is 5.08. The number of nitrogens with one attached hydrogen (secondary N) is 3. The summed E-state index contributed by atoms with van der Waals surface area (Å²) in [5, 5.41) is 11.9. The largest absolute Gasteiger partial charge is 0.497 e. The van der Waals surface area contributed by atoms with Crippen LogP contribution >= 0.6 is 0 Å². The molecule has 0 spiro atoms. The zero-order valence-electron chi connectivity index (χ0n) is 17.4. The van der Waals surface area contributed by atoms with Crippen LogP contribution in [0.5, 0.6) is 5.75 Å². The summed E-state index contributed by atoms with van der Waals surface area (Å²) in [5.74, 6) is 1.66. The number of anilines is 1. The predicted octanol–water partition coefficient (Wildman–Crippen LogP) is 3.97. The Morgan fingerprint density at radius 3 is 2.81 bits per heavy atom. The highest BCUT2D eigenvalue weighted by Crippen LogP contribution is 2.26. The van der Waals surface area contributed by atoms with Gasteiger partial charge in [-0.3, -0.25) is 9.89 Å². The van der Waals surface area contributed by atoms with E-state index in [2.05, 4.69) is 31.5 Å². The lowest BCUT2D eigenvalue weighted by atomic mass is 10.1. The number of fused-ring (bicyclic) bond motifs is 1. The van der Waals surface area contributed by atoms with Crippen molar-refractivity contribution in [3.63, 3.8) is 0 Å². The van der Waals surface area contributed by atoms with Crippen molar-refractivity contribution in [3.05, 3.63) is 66.4 Å². The van der Waals surface area contributed by atoms with Gasteiger partial charge in [0.1, 0.15) is 11.4 Å². The van der Waals surface area contributed by atoms with Crippen molar-refractivity contribution in [2.24, 2.45) is 0 Å². The van der Waals surface area contributed by atoms with Gasteiger partial charge >= 0.3 is 0 Å². The first kappa shape index (κ1) is 19.2. The summed E-state index contributed by atoms with van der Waals surface area (Å²) in [6, 6.07) is 19.8. The minimum Gasteiger partial charge on any atom is -0.497 e. The number of piperidine rings is 1. The van der Waals surface area contributed by atoms with E-state index in [0.717, 1.165) is 59.7 Å². The number of methoxy groups -OCH3 is 1. The van der Waals surface area contributed by atoms with E-state index >= 15 is 0 Å². The van der Waals surface area contributed by atoms with Gasteiger partial charge in [0.2, 0.25) is 0 Å². The van der Waals surface area contributed by atoms with Crippen LogP contribution < -0.4 is 15.0 Å². The van der Waals surface area contributed by atoms with Crippen LogP contribution in [0.4, 0.5) is 5.82 Å². The van der Waals surface area contributed by atoms with Crippen molar-refractivity contribution in [2.75, 3.05) is 25.1 Å². The number of H-pyrrole nitrogens is 2. The average molecular weight is 415 g/mol. The Morgan fingerprint density at radius 1 is 1.16 bits per heavy atom. The summed E-state index contributed by atoms with van der Waals surface area (Å²) in [7, 11) is 1.66. The second-order valence-electron chi connectivity index (χ2n) is 7.90. The molecule has 3 heterocycles. The predicted molar refractivity (Wildman–Crippen MR) is 122 cm³/mol. The van der Waals surface area contributed by atoms with Crippen molar-refractivity contribution in [1.82, 2.24) is 20.5 Å². The number of carbonyl (C=O) groups excluding carboxylic acids is 1. The fraction of sp³-hybridized carbons (Fsp3) is 0.250. The number of carbonyl (C=O) groups is 1. The normalized spacial score (nSPS) is 16.4. The molecule has 4 aromatic rings. The molecule has 31 heavy (non-hydrogen) atoms. The number of aromatic amines is 2. The smallest absolute Gasteiger partial charge is 0.268 e. The van der Waals surface area contributed by atoms with E-state index in [1.165, 1.54) is 0 Å². The Labute approximate surface area is 180 Å². The molecule has 2 aromatic heterocycles. The molecule has 1 amide bonds. The molecule has 1 saturated heterocycles. The van der Waals surface area contributed by atoms with Crippen LogP contribution in [0.15, 0.2) is 60.7 Å². The molecule has 7 nitrogen and oxygen atoms in total. The summed E-state index contributed by atoms with van der Waals surface area (Å²) >= 11 is 0. The lowest BCUT2D eigenvalue weighted by molar-refractivity contribution is 0.0929. The highest BCUT2D eigenvalue weighted by molar-refractivity contribution is 5.98. The number of benzene rings is 2. The van der Waals surface area contributed by atoms with E-state index in [1.54, 1.807) is 7.11 Å². The molecular weight excluding hydrogens is 390 g/mol. The van der Waals surface area contributed by atoms with Crippen LogP contribution in [0.25, 0.3) is 22.2 Å². The Hall–Kier alpha value is -3.74. The maximum absolute atomic E-state index is 12.8. The van der Waals surface area contributed by atoms with Gasteiger partial charge in [-0.25, -0.2) is 0 Å². The van der Waals surface area contributed by atoms with Crippen LogP contribution in [-0.4, -0.2) is 47.3 Å². The second kappa shape index (κ2) is 8.18. The van der Waals surface area contributed by atoms with Crippen LogP contribution in [0.1, 0.15) is 23.3 Å². The summed E-state index contributed by atoms with van der Waals surface area (Å²) in [4.78, 5) is 18.2. The minimum atomic E-state index is -0.0657. The zero-order valence-corrected chi connectivity index (χ0v) is 17.4. The molecule has 2 aromatic carbocycles. The molecule has 158 valence electrons. The molecule has 5 rings (SSSR count). The number of hydrogen-bond acceptors (Lipinski definition) is 4. The maximum atomic E-state index is 12.8. The standard InChI is InChI=1S/C24H25N5O2/c1-31-19-10-8-16(9-11-19)21-14-23(28-27-21)29-12-4-6-18(15-29)25-24(30)22-13-17-5-2-3-7-20(17)26-22/h2-3,5,7-11,13-14,18,26H,4,6,12,15H2,1H3,(H,25,30)(H,27,28). The number of nitrogens with zero attached hydrogens (tertiary/aromatic N) is 2. The van der Waals surface area contributed by atoms with Gasteiger partial charge < -0.3 is 19.9 Å². The molecule has 1 aliphatic rings. The molecule has 1 unspecified atom stereocenters. The third-order valence-corrected chi connectivity index (χ3v) is 5.82. The lowest BCUT2D eigenvalue weighted by Crippen LogP contribution is -2.48. The molecular formula is C24H25N5O2. The summed E-state index contributed by atoms with van der Waals surface area (Å²) < 4.78 is 5.23. The molecule has 0 saturated carbocycles. The quantitative estimate of drug-likeness (QED) is 0.460. The van der Waals surface area contributed by atoms with Gasteiger partial charge in [-0.15, -0.1) is 0 Å². The first-order valence-corrected chi connectivity index (χ1v) is 10.5. The van der Waals surface area contributed by atoms with Gasteiger partial charge in [-0.1, -0.05) is 18.2 Å². The third kappa shape index (κ3) is 3.99. The van der Waals surface area contributed by atoms with Gasteiger partial charge in [-0.05, 0) is 54.8 Å². The first-order valence-electron chi connectivity index (χ1n) is 10.5. The highest BCUT2D eigenvalue weighted by atomic mass is 16.5. The second-order valence-corrected chi connectivity index (χ2v) is 7.90. The van der Waals surface area contributed by atoms with Gasteiger partial charge in [0, 0.05) is 36.1 Å². The van der Waals surface area contributed by atoms with E-state index in [9.17, 15) is 4.79 Å². The van der Waals surface area contributed by atoms with E-state index in [-0.39, 0.29) is 11.9 Å². The topological polar surface area (TPSA) is 86.0 Å². The summed E-state index contributed by atoms with van der Waals surface area (Å²) in [5.41, 5.74) is 3.59. The molecule has 0 aliphatic carbocycles. The number of para-hydroxylation sites is 1. The van der Waals surface area contributed by atoms with Gasteiger partial charge in [0.15, 0.2) is 5.82 Å². The molecule has 1 fully saturated rings. The molecule has 3 N–H and O–H groups in total. The number of amides is 1. The number of hydrogen-bond donors (Lipinski definition) is 3. The summed E-state index contributed by atoms with van der Waals surface area (Å²) in [6.07, 6.45) is 1.96. The van der Waals surface area contributed by atoms with Crippen LogP contribution in [0.3, 0.4) is 0 Å². The van der Waals surface area contributed by atoms with Crippen molar-refractivity contribution in [2.45, 2.75) is 18.9 Å². The fourth-order valence-corrected chi connectivity index (χ4v) is 4.15. The molecule has 0 radical (unpaired) electrons. The monoisotopic (exact) mass is 415 g/mol. The van der Waals surface area contributed by atoms with Crippen molar-refractivity contribution in [1.29, 1.82) is 0 Å². The molecule has 1 aliphatic heterocycles. The van der Waals surface area contributed by atoms with E-state index in [4.69, 9.17) is 4.74 Å². The van der Waals surface area contributed by atoms with Gasteiger partial charge in [-0.2, -0.15) is 5.10 Å². The lowest BCUT2D eigenvalue weighted by Gasteiger charge is -2.33. The Bertz CT molecular complexity index is 1160. The molecule has 7 heteroatoms. The average Bonchev–Trinajstić information content (AvgIpc) is 3.47. The fourth-order valence-electron chi connectivity index (χ4n) is 4.15. The zero-order chi connectivity index (χ0) is 21.2. The van der Waals surface area contributed by atoms with Crippen LogP contribution in [-0.2, 0) is 0 Å². The van der Waals surface area contributed by atoms with E-state index in [0.29, 0.717) is 5.69 Å². The number of ether oxygens (including phenoxy) is 1. The van der Waals surface area contributed by atoms with Crippen molar-refractivity contribution < 1.29 is 9.53 Å². The molecule has 1 atom stereocenters. The van der Waals surface area contributed by atoms with Crippen LogP contribution in [0.2, 0.25) is 0 Å². The highest BCUT2D eigenvalue weighted by Gasteiger charge is 2.24. The van der Waals surface area contributed by atoms with Gasteiger partial charge in [0.05, 0.1) is 12.8 Å². The maximum Gasteiger partial charge on any atom is 0.268 e. The summed E-state index contributed by atoms with van der Waals surface area (Å²) in [6.45, 7) is 1.66. The first-order chi connectivity index (χ1) is 15.2. The minimum absolute atomic E-state index is 0.0657. The SMILES string of the molecule is COc1ccc(-c2cc(N3CCCC(NC(=O)c4cc5ccccc5[nH]4)C3)n[nH]2)cc1. The van der Waals surface area contributed by atoms with Gasteiger partial charge in [0.25, 0.3) is 5.91 Å². The van der Waals surface area contributed by atoms with Crippen LogP contribution in [0, 0.1) is 0 Å². The third-order valence-electron chi connectivity index (χ3n) is 5.82. The molecule has 0 bridgehead atoms.